The Morgan fingerprint density at radius 3 is 2.61 bits per heavy atom. The molecule has 0 aliphatic carbocycles. The minimum absolute atomic E-state index is 0.0253. The Morgan fingerprint density at radius 1 is 1.28 bits per heavy atom. The summed E-state index contributed by atoms with van der Waals surface area (Å²) < 4.78 is 72.2. The summed E-state index contributed by atoms with van der Waals surface area (Å²) >= 11 is 1.18. The van der Waals surface area contributed by atoms with E-state index in [0.29, 0.717) is 21.9 Å². The fourth-order valence-corrected chi connectivity index (χ4v) is 6.69. The van der Waals surface area contributed by atoms with Crippen LogP contribution >= 0.6 is 11.3 Å². The SMILES string of the molecule is C[C@]1(O)CCCN(S(=O)(=O)c2ccc(OCc3nc4cc(C(F)(F)F)ccc4s3)cc2)[C@H]1C(=O)NO. The highest BCUT2D eigenvalue weighted by molar-refractivity contribution is 7.89. The zero-order valence-electron chi connectivity index (χ0n) is 18.8. The summed E-state index contributed by atoms with van der Waals surface area (Å²) in [5, 5.41) is 20.1. The predicted molar refractivity (Wildman–Crippen MR) is 123 cm³/mol. The van der Waals surface area contributed by atoms with Crippen molar-refractivity contribution in [3.63, 3.8) is 0 Å². The lowest BCUT2D eigenvalue weighted by molar-refractivity contribution is -0.145. The molecule has 3 N–H and O–H groups in total. The number of ether oxygens (including phenoxy) is 1. The van der Waals surface area contributed by atoms with Crippen molar-refractivity contribution in [3.8, 4) is 5.75 Å². The fraction of sp³-hybridized carbons (Fsp3) is 0.364. The molecule has 2 atom stereocenters. The molecule has 36 heavy (non-hydrogen) atoms. The Balaban J connectivity index is 1.49. The van der Waals surface area contributed by atoms with E-state index in [2.05, 4.69) is 4.98 Å². The quantitative estimate of drug-likeness (QED) is 0.320. The van der Waals surface area contributed by atoms with Gasteiger partial charge in [-0.25, -0.2) is 18.9 Å². The molecule has 4 rings (SSSR count). The maximum absolute atomic E-state index is 13.2. The highest BCUT2D eigenvalue weighted by atomic mass is 32.2. The van der Waals surface area contributed by atoms with Crippen LogP contribution in [-0.2, 0) is 27.6 Å². The minimum Gasteiger partial charge on any atom is -0.486 e. The van der Waals surface area contributed by atoms with Gasteiger partial charge in [0.15, 0.2) is 0 Å². The van der Waals surface area contributed by atoms with Crippen LogP contribution in [0.3, 0.4) is 0 Å². The van der Waals surface area contributed by atoms with E-state index in [1.807, 2.05) is 0 Å². The number of nitrogens with zero attached hydrogens (tertiary/aromatic N) is 2. The number of halogens is 3. The number of carbonyl (C=O) groups is 1. The molecule has 9 nitrogen and oxygen atoms in total. The molecular weight excluding hydrogens is 523 g/mol. The first-order valence-corrected chi connectivity index (χ1v) is 13.0. The number of piperidine rings is 1. The molecule has 3 aromatic rings. The van der Waals surface area contributed by atoms with Gasteiger partial charge in [-0.15, -0.1) is 11.3 Å². The third-order valence-electron chi connectivity index (χ3n) is 5.85. The van der Waals surface area contributed by atoms with E-state index in [9.17, 15) is 31.5 Å². The number of amides is 1. The molecule has 1 amide bonds. The first-order chi connectivity index (χ1) is 16.8. The topological polar surface area (TPSA) is 129 Å². The van der Waals surface area contributed by atoms with Crippen LogP contribution in [0.15, 0.2) is 47.4 Å². The van der Waals surface area contributed by atoms with Gasteiger partial charge in [-0.3, -0.25) is 10.0 Å². The molecule has 0 bridgehead atoms. The molecule has 0 unspecified atom stereocenters. The maximum Gasteiger partial charge on any atom is 0.416 e. The van der Waals surface area contributed by atoms with Crippen molar-refractivity contribution in [2.24, 2.45) is 0 Å². The Kier molecular flexibility index (Phi) is 7.00. The largest absolute Gasteiger partial charge is 0.486 e. The zero-order valence-corrected chi connectivity index (χ0v) is 20.5. The number of rotatable bonds is 6. The van der Waals surface area contributed by atoms with Crippen LogP contribution in [0.25, 0.3) is 10.2 Å². The smallest absolute Gasteiger partial charge is 0.416 e. The van der Waals surface area contributed by atoms with Crippen molar-refractivity contribution in [2.75, 3.05) is 6.54 Å². The molecule has 1 aliphatic heterocycles. The second-order valence-corrected chi connectivity index (χ2v) is 11.5. The van der Waals surface area contributed by atoms with Crippen LogP contribution in [0.5, 0.6) is 5.75 Å². The van der Waals surface area contributed by atoms with Crippen LogP contribution < -0.4 is 10.2 Å². The second-order valence-electron chi connectivity index (χ2n) is 8.50. The number of thiazole rings is 1. The number of hydrogen-bond acceptors (Lipinski definition) is 8. The standard InChI is InChI=1S/C22H22F3N3O6S2/c1-21(30)9-2-10-28(19(21)20(29)27-31)36(32,33)15-6-4-14(5-7-15)34-12-18-26-16-11-13(22(23,24)25)3-8-17(16)35-18/h3-8,11,19,30-31H,2,9-10,12H2,1H3,(H,27,29)/t19-,21-/m0/s1. The number of hydrogen-bond donors (Lipinski definition) is 3. The van der Waals surface area contributed by atoms with Gasteiger partial charge in [0.2, 0.25) is 10.0 Å². The lowest BCUT2D eigenvalue weighted by Crippen LogP contribution is -2.62. The van der Waals surface area contributed by atoms with Crippen LogP contribution in [0.2, 0.25) is 0 Å². The third kappa shape index (κ3) is 5.18. The highest BCUT2D eigenvalue weighted by Gasteiger charge is 2.49. The van der Waals surface area contributed by atoms with Crippen molar-refractivity contribution < 1.29 is 41.4 Å². The Morgan fingerprint density at radius 2 is 1.97 bits per heavy atom. The zero-order chi connectivity index (χ0) is 26.3. The molecule has 1 saturated heterocycles. The van der Waals surface area contributed by atoms with Crippen molar-refractivity contribution in [1.29, 1.82) is 0 Å². The molecule has 194 valence electrons. The number of aromatic nitrogens is 1. The lowest BCUT2D eigenvalue weighted by atomic mass is 9.87. The molecule has 1 aliphatic rings. The highest BCUT2D eigenvalue weighted by Crippen LogP contribution is 2.34. The number of alkyl halides is 3. The van der Waals surface area contributed by atoms with Gasteiger partial charge in [-0.05, 0) is 62.2 Å². The molecular formula is C22H22F3N3O6S2. The summed E-state index contributed by atoms with van der Waals surface area (Å²) in [7, 11) is -4.21. The number of sulfonamides is 1. The van der Waals surface area contributed by atoms with Crippen molar-refractivity contribution in [1.82, 2.24) is 14.8 Å². The van der Waals surface area contributed by atoms with Crippen LogP contribution in [-0.4, -0.2) is 52.1 Å². The van der Waals surface area contributed by atoms with E-state index >= 15 is 0 Å². The molecule has 2 aromatic carbocycles. The van der Waals surface area contributed by atoms with E-state index in [4.69, 9.17) is 9.94 Å². The van der Waals surface area contributed by atoms with Crippen LogP contribution in [0.4, 0.5) is 13.2 Å². The van der Waals surface area contributed by atoms with Gasteiger partial charge in [0.1, 0.15) is 23.4 Å². The molecule has 14 heteroatoms. The monoisotopic (exact) mass is 545 g/mol. The molecule has 0 saturated carbocycles. The number of fused-ring (bicyclic) bond motifs is 1. The van der Waals surface area contributed by atoms with Crippen molar-refractivity contribution >= 4 is 37.5 Å². The summed E-state index contributed by atoms with van der Waals surface area (Å²) in [5.74, 6) is -0.749. The summed E-state index contributed by atoms with van der Waals surface area (Å²) in [6, 6.07) is 7.12. The lowest BCUT2D eigenvalue weighted by Gasteiger charge is -2.42. The van der Waals surface area contributed by atoms with Gasteiger partial charge in [0.25, 0.3) is 5.91 Å². The van der Waals surface area contributed by atoms with Gasteiger partial charge in [-0.1, -0.05) is 0 Å². The number of hydroxylamine groups is 1. The maximum atomic E-state index is 13.2. The normalized spacial score (nSPS) is 21.4. The first-order valence-electron chi connectivity index (χ1n) is 10.7. The average Bonchev–Trinajstić information content (AvgIpc) is 3.23. The number of carbonyl (C=O) groups excluding carboxylic acids is 1. The summed E-state index contributed by atoms with van der Waals surface area (Å²) in [5.41, 5.74) is -0.852. The summed E-state index contributed by atoms with van der Waals surface area (Å²) in [4.78, 5) is 16.2. The van der Waals surface area contributed by atoms with E-state index in [0.717, 1.165) is 16.4 Å². The third-order valence-corrected chi connectivity index (χ3v) is 8.74. The molecule has 0 spiro atoms. The summed E-state index contributed by atoms with van der Waals surface area (Å²) in [6.07, 6.45) is -3.98. The van der Waals surface area contributed by atoms with Crippen molar-refractivity contribution in [2.45, 2.75) is 49.1 Å². The van der Waals surface area contributed by atoms with Gasteiger partial charge in [0.05, 0.1) is 26.3 Å². The average molecular weight is 546 g/mol. The Bertz CT molecular complexity index is 1370. The predicted octanol–water partition coefficient (Wildman–Crippen LogP) is 3.30. The van der Waals surface area contributed by atoms with Gasteiger partial charge < -0.3 is 9.84 Å². The fourth-order valence-electron chi connectivity index (χ4n) is 4.10. The molecule has 1 aromatic heterocycles. The second kappa shape index (κ2) is 9.59. The van der Waals surface area contributed by atoms with Crippen LogP contribution in [0, 0.1) is 0 Å². The van der Waals surface area contributed by atoms with E-state index in [1.54, 1.807) is 0 Å². The van der Waals surface area contributed by atoms with Crippen LogP contribution in [0.1, 0.15) is 30.3 Å². The molecule has 2 heterocycles. The Hall–Kier alpha value is -2.78. The minimum atomic E-state index is -4.47. The van der Waals surface area contributed by atoms with E-state index in [-0.39, 0.29) is 30.0 Å². The van der Waals surface area contributed by atoms with E-state index < -0.39 is 39.3 Å². The van der Waals surface area contributed by atoms with Gasteiger partial charge in [0, 0.05) is 6.54 Å². The first kappa shape index (κ1) is 26.3. The summed E-state index contributed by atoms with van der Waals surface area (Å²) in [6.45, 7) is 1.26. The van der Waals surface area contributed by atoms with Gasteiger partial charge in [-0.2, -0.15) is 17.5 Å². The van der Waals surface area contributed by atoms with E-state index in [1.165, 1.54) is 54.1 Å². The van der Waals surface area contributed by atoms with Crippen molar-refractivity contribution in [3.05, 3.63) is 53.0 Å². The molecule has 0 radical (unpaired) electrons. The Labute approximate surface area is 208 Å². The molecule has 1 fully saturated rings. The number of nitrogens with one attached hydrogen (secondary N) is 1. The number of benzene rings is 2. The van der Waals surface area contributed by atoms with Gasteiger partial charge >= 0.3 is 6.18 Å². The number of aliphatic hydroxyl groups is 1.